The Hall–Kier alpha value is -1.35. The van der Waals surface area contributed by atoms with E-state index in [9.17, 15) is 5.11 Å². The molecule has 3 heteroatoms. The average Bonchev–Trinajstić information content (AvgIpc) is 2.09. The van der Waals surface area contributed by atoms with Crippen molar-refractivity contribution in [1.82, 2.24) is 0 Å². The maximum Gasteiger partial charge on any atom is 0.124 e. The molecule has 0 spiro atoms. The van der Waals surface area contributed by atoms with Crippen molar-refractivity contribution in [2.24, 2.45) is 4.99 Å². The first-order valence-corrected chi connectivity index (χ1v) is 3.73. The second-order valence-corrected chi connectivity index (χ2v) is 2.32. The fraction of sp³-hybridized carbons (Fsp3) is 0.222. The van der Waals surface area contributed by atoms with Gasteiger partial charge in [0.2, 0.25) is 0 Å². The third-order valence-electron chi connectivity index (χ3n) is 1.40. The number of phenols is 1. The lowest BCUT2D eigenvalue weighted by Crippen LogP contribution is -1.89. The standard InChI is InChI=1S/C9H11NO2/c11-6-5-10-7-8-3-1-2-4-9(8)12/h1-4,7,11-12H,5-6H2/b10-7+. The van der Waals surface area contributed by atoms with Crippen molar-refractivity contribution in [1.29, 1.82) is 0 Å². The molecule has 0 aromatic heterocycles. The van der Waals surface area contributed by atoms with Crippen LogP contribution in [0.5, 0.6) is 5.75 Å². The molecule has 12 heavy (non-hydrogen) atoms. The van der Waals surface area contributed by atoms with Crippen molar-refractivity contribution in [3.8, 4) is 5.75 Å². The Morgan fingerprint density at radius 3 is 2.75 bits per heavy atom. The number of aromatic hydroxyl groups is 1. The first kappa shape index (κ1) is 8.74. The zero-order valence-corrected chi connectivity index (χ0v) is 6.64. The summed E-state index contributed by atoms with van der Waals surface area (Å²) in [6.07, 6.45) is 1.55. The summed E-state index contributed by atoms with van der Waals surface area (Å²) >= 11 is 0. The van der Waals surface area contributed by atoms with Gasteiger partial charge in [0, 0.05) is 11.8 Å². The first-order valence-electron chi connectivity index (χ1n) is 3.73. The van der Waals surface area contributed by atoms with Crippen LogP contribution in [0.15, 0.2) is 29.3 Å². The number of hydrogen-bond donors (Lipinski definition) is 2. The first-order chi connectivity index (χ1) is 5.84. The number of nitrogens with zero attached hydrogens (tertiary/aromatic N) is 1. The van der Waals surface area contributed by atoms with Gasteiger partial charge >= 0.3 is 0 Å². The Labute approximate surface area is 71.0 Å². The van der Waals surface area contributed by atoms with Crippen LogP contribution in [0.1, 0.15) is 5.56 Å². The molecule has 1 aromatic carbocycles. The molecule has 0 aliphatic rings. The monoisotopic (exact) mass is 165 g/mol. The minimum atomic E-state index is 0.0318. The van der Waals surface area contributed by atoms with E-state index in [1.165, 1.54) is 0 Å². The van der Waals surface area contributed by atoms with Gasteiger partial charge in [-0.05, 0) is 12.1 Å². The van der Waals surface area contributed by atoms with Crippen molar-refractivity contribution in [2.75, 3.05) is 13.2 Å². The van der Waals surface area contributed by atoms with Crippen LogP contribution in [-0.4, -0.2) is 29.6 Å². The molecule has 2 N–H and O–H groups in total. The van der Waals surface area contributed by atoms with E-state index in [1.807, 2.05) is 6.07 Å². The Morgan fingerprint density at radius 1 is 1.33 bits per heavy atom. The molecule has 64 valence electrons. The summed E-state index contributed by atoms with van der Waals surface area (Å²) in [6, 6.07) is 6.93. The second-order valence-electron chi connectivity index (χ2n) is 2.32. The van der Waals surface area contributed by atoms with E-state index in [0.717, 1.165) is 0 Å². The topological polar surface area (TPSA) is 52.8 Å². The molecular weight excluding hydrogens is 154 g/mol. The molecule has 0 atom stereocenters. The van der Waals surface area contributed by atoms with E-state index >= 15 is 0 Å². The van der Waals surface area contributed by atoms with Crippen molar-refractivity contribution >= 4 is 6.21 Å². The van der Waals surface area contributed by atoms with Crippen molar-refractivity contribution in [3.63, 3.8) is 0 Å². The van der Waals surface area contributed by atoms with Crippen molar-refractivity contribution in [3.05, 3.63) is 29.8 Å². The number of aliphatic imine (C=N–C) groups is 1. The maximum absolute atomic E-state index is 9.26. The Balaban J connectivity index is 2.68. The largest absolute Gasteiger partial charge is 0.507 e. The highest BCUT2D eigenvalue weighted by molar-refractivity contribution is 5.83. The highest BCUT2D eigenvalue weighted by Crippen LogP contribution is 2.12. The van der Waals surface area contributed by atoms with Gasteiger partial charge < -0.3 is 10.2 Å². The van der Waals surface area contributed by atoms with Gasteiger partial charge in [0.05, 0.1) is 13.2 Å². The highest BCUT2D eigenvalue weighted by atomic mass is 16.3. The maximum atomic E-state index is 9.26. The van der Waals surface area contributed by atoms with Crippen LogP contribution >= 0.6 is 0 Å². The van der Waals surface area contributed by atoms with E-state index in [4.69, 9.17) is 5.11 Å². The lowest BCUT2D eigenvalue weighted by atomic mass is 10.2. The number of para-hydroxylation sites is 1. The van der Waals surface area contributed by atoms with E-state index in [1.54, 1.807) is 24.4 Å². The predicted octanol–water partition coefficient (Wildman–Crippen LogP) is 0.803. The molecule has 1 rings (SSSR count). The van der Waals surface area contributed by atoms with Gasteiger partial charge in [0.1, 0.15) is 5.75 Å². The molecule has 0 saturated heterocycles. The lowest BCUT2D eigenvalue weighted by Gasteiger charge is -1.95. The summed E-state index contributed by atoms with van der Waals surface area (Å²) in [5.74, 6) is 0.208. The van der Waals surface area contributed by atoms with Gasteiger partial charge in [-0.2, -0.15) is 0 Å². The summed E-state index contributed by atoms with van der Waals surface area (Å²) in [6.45, 7) is 0.401. The lowest BCUT2D eigenvalue weighted by molar-refractivity contribution is 0.307. The molecule has 0 aliphatic heterocycles. The summed E-state index contributed by atoms with van der Waals surface area (Å²) < 4.78 is 0. The SMILES string of the molecule is OCC/N=C/c1ccccc1O. The van der Waals surface area contributed by atoms with Crippen LogP contribution in [0.25, 0.3) is 0 Å². The van der Waals surface area contributed by atoms with Gasteiger partial charge in [0.15, 0.2) is 0 Å². The van der Waals surface area contributed by atoms with E-state index in [-0.39, 0.29) is 12.4 Å². The Kier molecular flexibility index (Phi) is 3.29. The third kappa shape index (κ3) is 2.36. The van der Waals surface area contributed by atoms with Crippen molar-refractivity contribution in [2.45, 2.75) is 0 Å². The smallest absolute Gasteiger partial charge is 0.124 e. The summed E-state index contributed by atoms with van der Waals surface area (Å²) in [5, 5.41) is 17.7. The summed E-state index contributed by atoms with van der Waals surface area (Å²) in [4.78, 5) is 3.89. The van der Waals surface area contributed by atoms with Gasteiger partial charge in [-0.1, -0.05) is 12.1 Å². The van der Waals surface area contributed by atoms with Gasteiger partial charge in [-0.15, -0.1) is 0 Å². The minimum Gasteiger partial charge on any atom is -0.507 e. The van der Waals surface area contributed by atoms with Crippen LogP contribution in [0.3, 0.4) is 0 Å². The number of aliphatic hydroxyl groups is 1. The molecular formula is C9H11NO2. The fourth-order valence-electron chi connectivity index (χ4n) is 0.817. The molecule has 0 bridgehead atoms. The second kappa shape index (κ2) is 4.51. The Morgan fingerprint density at radius 2 is 2.08 bits per heavy atom. The zero-order chi connectivity index (χ0) is 8.81. The van der Waals surface area contributed by atoms with E-state index < -0.39 is 0 Å². The highest BCUT2D eigenvalue weighted by Gasteiger charge is 1.92. The molecule has 0 fully saturated rings. The number of hydrogen-bond acceptors (Lipinski definition) is 3. The van der Waals surface area contributed by atoms with E-state index in [2.05, 4.69) is 4.99 Å². The van der Waals surface area contributed by atoms with Crippen LogP contribution in [0.2, 0.25) is 0 Å². The molecule has 1 aromatic rings. The number of benzene rings is 1. The molecule has 0 saturated carbocycles. The van der Waals surface area contributed by atoms with Gasteiger partial charge in [-0.3, -0.25) is 4.99 Å². The number of rotatable bonds is 3. The molecule has 0 radical (unpaired) electrons. The van der Waals surface area contributed by atoms with Crippen LogP contribution in [-0.2, 0) is 0 Å². The van der Waals surface area contributed by atoms with Gasteiger partial charge in [0.25, 0.3) is 0 Å². The molecule has 3 nitrogen and oxygen atoms in total. The van der Waals surface area contributed by atoms with Gasteiger partial charge in [-0.25, -0.2) is 0 Å². The molecule has 0 aliphatic carbocycles. The minimum absolute atomic E-state index is 0.0318. The summed E-state index contributed by atoms with van der Waals surface area (Å²) in [5.41, 5.74) is 0.672. The number of phenolic OH excluding ortho intramolecular Hbond substituents is 1. The predicted molar refractivity (Wildman–Crippen MR) is 47.7 cm³/mol. The van der Waals surface area contributed by atoms with Crippen molar-refractivity contribution < 1.29 is 10.2 Å². The van der Waals surface area contributed by atoms with Crippen LogP contribution < -0.4 is 0 Å². The quantitative estimate of drug-likeness (QED) is 0.651. The van der Waals surface area contributed by atoms with Crippen LogP contribution in [0.4, 0.5) is 0 Å². The molecule has 0 heterocycles. The number of aliphatic hydroxyl groups excluding tert-OH is 1. The Bertz CT molecular complexity index is 271. The zero-order valence-electron chi connectivity index (χ0n) is 6.64. The fourth-order valence-corrected chi connectivity index (χ4v) is 0.817. The summed E-state index contributed by atoms with van der Waals surface area (Å²) in [7, 11) is 0. The van der Waals surface area contributed by atoms with E-state index in [0.29, 0.717) is 12.1 Å². The third-order valence-corrected chi connectivity index (χ3v) is 1.40. The average molecular weight is 165 g/mol. The van der Waals surface area contributed by atoms with Crippen LogP contribution in [0, 0.1) is 0 Å². The normalized spacial score (nSPS) is 10.8. The molecule has 0 amide bonds. The molecule has 0 unspecified atom stereocenters.